The van der Waals surface area contributed by atoms with Gasteiger partial charge >= 0.3 is 6.03 Å². The van der Waals surface area contributed by atoms with Gasteiger partial charge in [0.15, 0.2) is 0 Å². The Morgan fingerprint density at radius 3 is 2.65 bits per heavy atom. The van der Waals surface area contributed by atoms with Gasteiger partial charge in [-0.1, -0.05) is 26.7 Å². The molecule has 0 heterocycles. The molecule has 1 aliphatic rings. The summed E-state index contributed by atoms with van der Waals surface area (Å²) in [5, 5.41) is 16.1. The molecule has 0 unspecified atom stereocenters. The van der Waals surface area contributed by atoms with Crippen LogP contribution in [0.25, 0.3) is 0 Å². The van der Waals surface area contributed by atoms with Gasteiger partial charge in [0, 0.05) is 17.8 Å². The average Bonchev–Trinajstić information content (AvgIpc) is 2.36. The fourth-order valence-corrected chi connectivity index (χ4v) is 3.89. The van der Waals surface area contributed by atoms with Crippen LogP contribution in [-0.2, 0) is 0 Å². The highest BCUT2D eigenvalue weighted by molar-refractivity contribution is 7.99. The molecule has 1 rings (SSSR count). The van der Waals surface area contributed by atoms with Gasteiger partial charge < -0.3 is 15.7 Å². The van der Waals surface area contributed by atoms with E-state index in [1.54, 1.807) is 6.92 Å². The number of carbonyl (C=O) groups excluding carboxylic acids is 1. The first-order valence-electron chi connectivity index (χ1n) is 7.59. The van der Waals surface area contributed by atoms with E-state index in [-0.39, 0.29) is 17.6 Å². The molecular formula is C15H30N2O2S. The molecule has 0 saturated heterocycles. The van der Waals surface area contributed by atoms with Crippen LogP contribution in [-0.4, -0.2) is 41.3 Å². The van der Waals surface area contributed by atoms with E-state index in [0.29, 0.717) is 24.3 Å². The van der Waals surface area contributed by atoms with Crippen molar-refractivity contribution in [2.24, 2.45) is 5.41 Å². The lowest BCUT2D eigenvalue weighted by atomic mass is 9.87. The summed E-state index contributed by atoms with van der Waals surface area (Å²) in [5.41, 5.74) is -0.0863. The lowest BCUT2D eigenvalue weighted by molar-refractivity contribution is 0.128. The summed E-state index contributed by atoms with van der Waals surface area (Å²) < 4.78 is 0. The summed E-state index contributed by atoms with van der Waals surface area (Å²) in [7, 11) is 0. The fraction of sp³-hybridized carbons (Fsp3) is 0.933. The van der Waals surface area contributed by atoms with Gasteiger partial charge in [0.1, 0.15) is 0 Å². The Labute approximate surface area is 127 Å². The number of hydrogen-bond acceptors (Lipinski definition) is 3. The number of thioether (sulfide) groups is 1. The van der Waals surface area contributed by atoms with Gasteiger partial charge in [-0.3, -0.25) is 0 Å². The minimum Gasteiger partial charge on any atom is -0.393 e. The van der Waals surface area contributed by atoms with Crippen molar-refractivity contribution in [1.82, 2.24) is 10.6 Å². The Kier molecular flexibility index (Phi) is 7.17. The number of rotatable bonds is 6. The van der Waals surface area contributed by atoms with Crippen LogP contribution in [0, 0.1) is 5.41 Å². The number of aliphatic hydroxyl groups excluding tert-OH is 1. The van der Waals surface area contributed by atoms with Crippen molar-refractivity contribution in [3.05, 3.63) is 0 Å². The van der Waals surface area contributed by atoms with Crippen LogP contribution in [0.1, 0.15) is 52.9 Å². The van der Waals surface area contributed by atoms with Crippen molar-refractivity contribution in [3.63, 3.8) is 0 Å². The first kappa shape index (κ1) is 17.6. The Bertz CT molecular complexity index is 308. The Morgan fingerprint density at radius 1 is 1.40 bits per heavy atom. The molecule has 0 aromatic carbocycles. The molecule has 118 valence electrons. The molecule has 1 saturated carbocycles. The van der Waals surface area contributed by atoms with Crippen LogP contribution >= 0.6 is 11.8 Å². The molecule has 0 radical (unpaired) electrons. The highest BCUT2D eigenvalue weighted by Crippen LogP contribution is 2.27. The highest BCUT2D eigenvalue weighted by Gasteiger charge is 2.26. The van der Waals surface area contributed by atoms with Gasteiger partial charge in [0.05, 0.1) is 6.10 Å². The Morgan fingerprint density at radius 2 is 2.05 bits per heavy atom. The topological polar surface area (TPSA) is 61.4 Å². The number of hydrogen-bond donors (Lipinski definition) is 3. The molecule has 3 atom stereocenters. The van der Waals surface area contributed by atoms with Gasteiger partial charge in [-0.2, -0.15) is 11.8 Å². The van der Waals surface area contributed by atoms with E-state index >= 15 is 0 Å². The predicted octanol–water partition coefficient (Wildman–Crippen LogP) is 2.76. The van der Waals surface area contributed by atoms with Crippen molar-refractivity contribution < 1.29 is 9.90 Å². The van der Waals surface area contributed by atoms with Gasteiger partial charge in [0.25, 0.3) is 0 Å². The molecule has 2 amide bonds. The van der Waals surface area contributed by atoms with Crippen LogP contribution in [0.3, 0.4) is 0 Å². The molecular weight excluding hydrogens is 272 g/mol. The van der Waals surface area contributed by atoms with Crippen LogP contribution in [0.15, 0.2) is 0 Å². The van der Waals surface area contributed by atoms with Gasteiger partial charge in [-0.25, -0.2) is 4.79 Å². The summed E-state index contributed by atoms with van der Waals surface area (Å²) in [6, 6.07) is 0.216. The molecule has 20 heavy (non-hydrogen) atoms. The molecule has 1 fully saturated rings. The molecule has 3 N–H and O–H groups in total. The van der Waals surface area contributed by atoms with Gasteiger partial charge in [-0.15, -0.1) is 0 Å². The zero-order chi connectivity index (χ0) is 15.2. The van der Waals surface area contributed by atoms with E-state index in [1.165, 1.54) is 19.3 Å². The normalized spacial score (nSPS) is 25.1. The van der Waals surface area contributed by atoms with Crippen molar-refractivity contribution in [2.75, 3.05) is 12.8 Å². The van der Waals surface area contributed by atoms with E-state index in [1.807, 2.05) is 11.8 Å². The van der Waals surface area contributed by atoms with Crippen LogP contribution in [0.2, 0.25) is 0 Å². The number of aliphatic hydroxyl groups is 1. The molecule has 5 heteroatoms. The van der Waals surface area contributed by atoms with E-state index in [4.69, 9.17) is 0 Å². The first-order chi connectivity index (χ1) is 9.34. The van der Waals surface area contributed by atoms with Crippen LogP contribution < -0.4 is 10.6 Å². The maximum Gasteiger partial charge on any atom is 0.315 e. The number of nitrogens with one attached hydrogen (secondary N) is 2. The largest absolute Gasteiger partial charge is 0.393 e. The number of urea groups is 1. The Balaban J connectivity index is 2.35. The SMILES string of the molecule is CS[C@@H]1CCCC[C@@H]1NC(=O)NCC(C)(C)C[C@@H](C)O. The molecule has 0 aromatic rings. The predicted molar refractivity (Wildman–Crippen MR) is 86.2 cm³/mol. The maximum absolute atomic E-state index is 12.0. The second-order valence-electron chi connectivity index (χ2n) is 6.71. The molecule has 0 spiro atoms. The highest BCUT2D eigenvalue weighted by atomic mass is 32.2. The van der Waals surface area contributed by atoms with Crippen molar-refractivity contribution in [1.29, 1.82) is 0 Å². The third-order valence-electron chi connectivity index (χ3n) is 3.90. The van der Waals surface area contributed by atoms with Crippen molar-refractivity contribution in [3.8, 4) is 0 Å². The van der Waals surface area contributed by atoms with Crippen molar-refractivity contribution >= 4 is 17.8 Å². The van der Waals surface area contributed by atoms with Gasteiger partial charge in [-0.05, 0) is 37.9 Å². The number of carbonyl (C=O) groups is 1. The summed E-state index contributed by atoms with van der Waals surface area (Å²) in [6.45, 7) is 6.49. The summed E-state index contributed by atoms with van der Waals surface area (Å²) in [5.74, 6) is 0. The van der Waals surface area contributed by atoms with E-state index in [0.717, 1.165) is 6.42 Å². The second kappa shape index (κ2) is 8.13. The minimum atomic E-state index is -0.339. The Hall–Kier alpha value is -0.420. The summed E-state index contributed by atoms with van der Waals surface area (Å²) >= 11 is 1.85. The summed E-state index contributed by atoms with van der Waals surface area (Å²) in [6.07, 6.45) is 7.21. The van der Waals surface area contributed by atoms with E-state index in [2.05, 4.69) is 30.7 Å². The minimum absolute atomic E-state index is 0.0744. The van der Waals surface area contributed by atoms with Crippen LogP contribution in [0.4, 0.5) is 4.79 Å². The zero-order valence-corrected chi connectivity index (χ0v) is 14.1. The van der Waals surface area contributed by atoms with Gasteiger partial charge in [0.2, 0.25) is 0 Å². The molecule has 4 nitrogen and oxygen atoms in total. The average molecular weight is 302 g/mol. The van der Waals surface area contributed by atoms with E-state index in [9.17, 15) is 9.90 Å². The molecule has 1 aliphatic carbocycles. The smallest absolute Gasteiger partial charge is 0.315 e. The fourth-order valence-electron chi connectivity index (χ4n) is 2.95. The molecule has 0 aromatic heterocycles. The lowest BCUT2D eigenvalue weighted by Gasteiger charge is -2.32. The first-order valence-corrected chi connectivity index (χ1v) is 8.88. The second-order valence-corrected chi connectivity index (χ2v) is 7.79. The zero-order valence-electron chi connectivity index (χ0n) is 13.2. The summed E-state index contributed by atoms with van der Waals surface area (Å²) in [4.78, 5) is 12.0. The molecule has 0 bridgehead atoms. The quantitative estimate of drug-likeness (QED) is 0.707. The lowest BCUT2D eigenvalue weighted by Crippen LogP contribution is -2.49. The third kappa shape index (κ3) is 6.35. The van der Waals surface area contributed by atoms with E-state index < -0.39 is 0 Å². The number of amides is 2. The monoisotopic (exact) mass is 302 g/mol. The van der Waals surface area contributed by atoms with Crippen LogP contribution in [0.5, 0.6) is 0 Å². The molecule has 0 aliphatic heterocycles. The third-order valence-corrected chi connectivity index (χ3v) is 5.07. The maximum atomic E-state index is 12.0. The van der Waals surface area contributed by atoms with Crippen molar-refractivity contribution in [2.45, 2.75) is 70.3 Å². The standard InChI is InChI=1S/C15H30N2O2S/c1-11(18)9-15(2,3)10-16-14(19)17-12-7-5-6-8-13(12)20-4/h11-13,18H,5-10H2,1-4H3,(H2,16,17,19)/t11-,12+,13-/m1/s1.